The summed E-state index contributed by atoms with van der Waals surface area (Å²) in [6.45, 7) is 1.24. The smallest absolute Gasteiger partial charge is 0.271 e. The Morgan fingerprint density at radius 2 is 1.81 bits per heavy atom. The van der Waals surface area contributed by atoms with Gasteiger partial charge in [-0.05, 0) is 43.2 Å². The van der Waals surface area contributed by atoms with Gasteiger partial charge in [0.25, 0.3) is 5.91 Å². The first-order valence-corrected chi connectivity index (χ1v) is 8.73. The Hall–Kier alpha value is -3.29. The molecule has 7 nitrogen and oxygen atoms in total. The number of H-pyrrole nitrogens is 1. The molecule has 0 bridgehead atoms. The van der Waals surface area contributed by atoms with Crippen molar-refractivity contribution < 1.29 is 13.9 Å². The fourth-order valence-electron chi connectivity index (χ4n) is 3.21. The number of carbonyl (C=O) groups excluding carboxylic acids is 1. The van der Waals surface area contributed by atoms with Crippen molar-refractivity contribution in [2.45, 2.75) is 18.8 Å². The van der Waals surface area contributed by atoms with Gasteiger partial charge in [0.15, 0.2) is 0 Å². The molecule has 0 unspecified atom stereocenters. The molecule has 0 saturated carbocycles. The Kier molecular flexibility index (Phi) is 4.78. The van der Waals surface area contributed by atoms with Gasteiger partial charge in [0.05, 0.1) is 0 Å². The summed E-state index contributed by atoms with van der Waals surface area (Å²) >= 11 is 0. The van der Waals surface area contributed by atoms with E-state index in [9.17, 15) is 9.18 Å². The van der Waals surface area contributed by atoms with Gasteiger partial charge in [-0.2, -0.15) is 5.10 Å². The first-order chi connectivity index (χ1) is 13.2. The summed E-state index contributed by atoms with van der Waals surface area (Å²) in [5.41, 5.74) is 1.25. The van der Waals surface area contributed by atoms with E-state index in [0.717, 1.165) is 18.5 Å². The van der Waals surface area contributed by atoms with E-state index < -0.39 is 0 Å². The molecule has 1 amide bonds. The van der Waals surface area contributed by atoms with Crippen LogP contribution in [-0.2, 0) is 0 Å². The number of rotatable bonds is 4. The van der Waals surface area contributed by atoms with Gasteiger partial charge >= 0.3 is 0 Å². The van der Waals surface area contributed by atoms with Gasteiger partial charge in [-0.1, -0.05) is 0 Å². The molecule has 27 heavy (non-hydrogen) atoms. The van der Waals surface area contributed by atoms with Crippen LogP contribution in [0.15, 0.2) is 48.9 Å². The molecule has 1 aliphatic heterocycles. The zero-order valence-electron chi connectivity index (χ0n) is 14.5. The molecule has 1 aliphatic rings. The van der Waals surface area contributed by atoms with Crippen molar-refractivity contribution in [3.8, 4) is 11.6 Å². The molecule has 2 aromatic heterocycles. The summed E-state index contributed by atoms with van der Waals surface area (Å²) in [7, 11) is 0. The van der Waals surface area contributed by atoms with Crippen LogP contribution in [0.3, 0.4) is 0 Å². The predicted molar refractivity (Wildman–Crippen MR) is 95.0 cm³/mol. The summed E-state index contributed by atoms with van der Waals surface area (Å²) in [5, 5.41) is 6.53. The fourth-order valence-corrected chi connectivity index (χ4v) is 3.21. The molecular formula is C19H18FN5O2. The Bertz CT molecular complexity index is 906. The summed E-state index contributed by atoms with van der Waals surface area (Å²) in [6, 6.07) is 7.46. The van der Waals surface area contributed by atoms with Gasteiger partial charge in [-0.3, -0.25) is 14.9 Å². The van der Waals surface area contributed by atoms with Crippen LogP contribution in [0, 0.1) is 5.82 Å². The number of benzene rings is 1. The molecule has 3 aromatic rings. The average molecular weight is 367 g/mol. The van der Waals surface area contributed by atoms with Crippen molar-refractivity contribution in [3.05, 3.63) is 66.1 Å². The van der Waals surface area contributed by atoms with Crippen LogP contribution in [0.25, 0.3) is 0 Å². The molecule has 1 saturated heterocycles. The minimum Gasteiger partial charge on any atom is -0.437 e. The quantitative estimate of drug-likeness (QED) is 0.766. The second kappa shape index (κ2) is 7.53. The molecule has 0 spiro atoms. The first kappa shape index (κ1) is 17.1. The number of likely N-dealkylation sites (tertiary alicyclic amines) is 1. The summed E-state index contributed by atoms with van der Waals surface area (Å²) < 4.78 is 18.9. The third-order valence-corrected chi connectivity index (χ3v) is 4.62. The molecule has 0 aliphatic carbocycles. The van der Waals surface area contributed by atoms with Crippen LogP contribution in [-0.4, -0.2) is 44.1 Å². The third-order valence-electron chi connectivity index (χ3n) is 4.62. The zero-order chi connectivity index (χ0) is 18.6. The van der Waals surface area contributed by atoms with Gasteiger partial charge in [-0.15, -0.1) is 0 Å². The highest BCUT2D eigenvalue weighted by molar-refractivity contribution is 5.92. The summed E-state index contributed by atoms with van der Waals surface area (Å²) in [6.07, 6.45) is 6.30. The number of halogens is 1. The van der Waals surface area contributed by atoms with Crippen LogP contribution in [0.4, 0.5) is 4.39 Å². The van der Waals surface area contributed by atoms with E-state index in [0.29, 0.717) is 30.4 Å². The van der Waals surface area contributed by atoms with Crippen LogP contribution in [0.5, 0.6) is 11.6 Å². The fraction of sp³-hybridized carbons (Fsp3) is 0.263. The number of hydrogen-bond donors (Lipinski definition) is 1. The van der Waals surface area contributed by atoms with E-state index in [1.165, 1.54) is 12.1 Å². The highest BCUT2D eigenvalue weighted by Crippen LogP contribution is 2.33. The molecule has 3 heterocycles. The second-order valence-corrected chi connectivity index (χ2v) is 6.34. The zero-order valence-corrected chi connectivity index (χ0v) is 14.5. The number of aromatic nitrogens is 4. The number of hydrogen-bond acceptors (Lipinski definition) is 5. The Labute approximate surface area is 155 Å². The van der Waals surface area contributed by atoms with E-state index in [4.69, 9.17) is 4.74 Å². The van der Waals surface area contributed by atoms with Gasteiger partial charge in [0.2, 0.25) is 5.88 Å². The number of ether oxygens (including phenoxy) is 1. The van der Waals surface area contributed by atoms with Gasteiger partial charge in [0, 0.05) is 37.6 Å². The lowest BCUT2D eigenvalue weighted by atomic mass is 9.93. The van der Waals surface area contributed by atoms with Gasteiger partial charge in [-0.25, -0.2) is 9.37 Å². The molecule has 8 heteroatoms. The number of aromatic amines is 1. The predicted octanol–water partition coefficient (Wildman–Crippen LogP) is 3.15. The number of piperidine rings is 1. The van der Waals surface area contributed by atoms with Gasteiger partial charge in [0.1, 0.15) is 23.0 Å². The largest absolute Gasteiger partial charge is 0.437 e. The third kappa shape index (κ3) is 3.79. The monoisotopic (exact) mass is 367 g/mol. The molecule has 138 valence electrons. The number of nitrogens with zero attached hydrogens (tertiary/aromatic N) is 4. The minimum atomic E-state index is -0.323. The van der Waals surface area contributed by atoms with E-state index in [-0.39, 0.29) is 17.6 Å². The van der Waals surface area contributed by atoms with Crippen LogP contribution < -0.4 is 4.74 Å². The molecule has 4 rings (SSSR count). The molecule has 0 radical (unpaired) electrons. The molecule has 1 fully saturated rings. The van der Waals surface area contributed by atoms with Crippen molar-refractivity contribution >= 4 is 5.91 Å². The highest BCUT2D eigenvalue weighted by Gasteiger charge is 2.28. The number of carbonyl (C=O) groups is 1. The Balaban J connectivity index is 1.45. The SMILES string of the molecule is O=C(c1ccn[nH]1)N1CCC(c2nccnc2Oc2ccc(F)cc2)CC1. The first-order valence-electron chi connectivity index (χ1n) is 8.73. The molecule has 0 atom stereocenters. The number of amides is 1. The van der Waals surface area contributed by atoms with Crippen LogP contribution >= 0.6 is 0 Å². The van der Waals surface area contributed by atoms with Crippen molar-refractivity contribution in [1.29, 1.82) is 0 Å². The molecule has 1 aromatic carbocycles. The van der Waals surface area contributed by atoms with E-state index >= 15 is 0 Å². The highest BCUT2D eigenvalue weighted by atomic mass is 19.1. The normalized spacial score (nSPS) is 14.9. The van der Waals surface area contributed by atoms with Crippen molar-refractivity contribution in [2.75, 3.05) is 13.1 Å². The van der Waals surface area contributed by atoms with Crippen molar-refractivity contribution in [1.82, 2.24) is 25.1 Å². The van der Waals surface area contributed by atoms with Crippen molar-refractivity contribution in [3.63, 3.8) is 0 Å². The Morgan fingerprint density at radius 1 is 1.07 bits per heavy atom. The van der Waals surface area contributed by atoms with Gasteiger partial charge < -0.3 is 9.64 Å². The standard InChI is InChI=1S/C19H18FN5O2/c20-14-1-3-15(4-2-14)27-18-17(21-9-10-22-18)13-6-11-25(12-7-13)19(26)16-5-8-23-24-16/h1-5,8-10,13H,6-7,11-12H2,(H,23,24). The van der Waals surface area contributed by atoms with E-state index in [1.807, 2.05) is 0 Å². The maximum Gasteiger partial charge on any atom is 0.271 e. The maximum absolute atomic E-state index is 13.1. The van der Waals surface area contributed by atoms with E-state index in [2.05, 4.69) is 20.2 Å². The average Bonchev–Trinajstić information content (AvgIpc) is 3.25. The number of nitrogens with one attached hydrogen (secondary N) is 1. The second-order valence-electron chi connectivity index (χ2n) is 6.34. The summed E-state index contributed by atoms with van der Waals surface area (Å²) in [4.78, 5) is 23.0. The topological polar surface area (TPSA) is 84.0 Å². The molecule has 1 N–H and O–H groups in total. The molecular weight excluding hydrogens is 349 g/mol. The van der Waals surface area contributed by atoms with Crippen molar-refractivity contribution in [2.24, 2.45) is 0 Å². The lowest BCUT2D eigenvalue weighted by molar-refractivity contribution is 0.0705. The maximum atomic E-state index is 13.1. The van der Waals surface area contributed by atoms with Crippen LogP contribution in [0.2, 0.25) is 0 Å². The lowest BCUT2D eigenvalue weighted by Gasteiger charge is -2.31. The van der Waals surface area contributed by atoms with Crippen LogP contribution in [0.1, 0.15) is 34.9 Å². The summed E-state index contributed by atoms with van der Waals surface area (Å²) in [5.74, 6) is 0.691. The lowest BCUT2D eigenvalue weighted by Crippen LogP contribution is -2.38. The minimum absolute atomic E-state index is 0.0483. The van der Waals surface area contributed by atoms with E-state index in [1.54, 1.807) is 41.7 Å². The Morgan fingerprint density at radius 3 is 2.52 bits per heavy atom.